The molecule has 0 saturated carbocycles. The van der Waals surface area contributed by atoms with Gasteiger partial charge in [-0.1, -0.05) is 37.3 Å². The van der Waals surface area contributed by atoms with Gasteiger partial charge in [-0.25, -0.2) is 27.0 Å². The average Bonchev–Trinajstić information content (AvgIpc) is 3.08. The number of primary sulfonamides is 1. The van der Waals surface area contributed by atoms with E-state index in [2.05, 4.69) is 29.4 Å². The van der Waals surface area contributed by atoms with Crippen LogP contribution >= 0.6 is 11.3 Å². The minimum absolute atomic E-state index is 0.129. The van der Waals surface area contributed by atoms with Gasteiger partial charge in [0.15, 0.2) is 15.1 Å². The highest BCUT2D eigenvalue weighted by atomic mass is 32.2. The number of nitrogens with one attached hydrogen (secondary N) is 1. The molecule has 0 aliphatic carbocycles. The zero-order valence-corrected chi connectivity index (χ0v) is 19.5. The molecule has 0 saturated heterocycles. The summed E-state index contributed by atoms with van der Waals surface area (Å²) in [5.41, 5.74) is 3.79. The molecule has 0 aliphatic heterocycles. The maximum atomic E-state index is 12.5. The van der Waals surface area contributed by atoms with Crippen molar-refractivity contribution in [2.45, 2.75) is 18.6 Å². The summed E-state index contributed by atoms with van der Waals surface area (Å²) in [5.74, 6) is -1.32. The number of thiazole rings is 1. The van der Waals surface area contributed by atoms with E-state index < -0.39 is 36.8 Å². The number of carbonyl (C=O) groups excluding carboxylic acids is 1. The van der Waals surface area contributed by atoms with E-state index in [1.807, 2.05) is 24.3 Å². The molecule has 1 atom stereocenters. The largest absolute Gasteiger partial charge is 0.354 e. The normalized spacial score (nSPS) is 13.3. The Morgan fingerprint density at radius 2 is 1.74 bits per heavy atom. The molecule has 1 unspecified atom stereocenters. The fraction of sp³-hybridized carbons (Fsp3) is 0.300. The minimum Gasteiger partial charge on any atom is -0.354 e. The van der Waals surface area contributed by atoms with Gasteiger partial charge < -0.3 is 5.32 Å². The van der Waals surface area contributed by atoms with E-state index in [4.69, 9.17) is 5.14 Å². The van der Waals surface area contributed by atoms with Gasteiger partial charge in [0.25, 0.3) is 0 Å². The van der Waals surface area contributed by atoms with Crippen LogP contribution < -0.4 is 10.5 Å². The van der Waals surface area contributed by atoms with E-state index in [0.29, 0.717) is 5.52 Å². The number of benzene rings is 2. The van der Waals surface area contributed by atoms with Gasteiger partial charge in [-0.15, -0.1) is 11.3 Å². The predicted molar refractivity (Wildman–Crippen MR) is 123 cm³/mol. The second-order valence-corrected chi connectivity index (χ2v) is 12.1. The number of sulfonamides is 1. The Hall–Kier alpha value is -2.34. The second kappa shape index (κ2) is 9.03. The van der Waals surface area contributed by atoms with Crippen LogP contribution in [-0.2, 0) is 31.1 Å². The average molecular weight is 482 g/mol. The van der Waals surface area contributed by atoms with E-state index in [-0.39, 0.29) is 11.6 Å². The van der Waals surface area contributed by atoms with Crippen LogP contribution in [0.3, 0.4) is 0 Å². The van der Waals surface area contributed by atoms with Crippen molar-refractivity contribution in [3.63, 3.8) is 0 Å². The first kappa shape index (κ1) is 23.3. The lowest BCUT2D eigenvalue weighted by atomic mass is 10.0. The molecule has 1 aromatic heterocycles. The molecule has 166 valence electrons. The Labute approximate surface area is 185 Å². The Bertz CT molecular complexity index is 1310. The molecule has 0 radical (unpaired) electrons. The third kappa shape index (κ3) is 5.88. The summed E-state index contributed by atoms with van der Waals surface area (Å²) >= 11 is 1.12. The number of nitrogens with zero attached hydrogens (tertiary/aromatic N) is 1. The number of nitrogens with two attached hydrogens (primary N) is 1. The number of aryl methyl sites for hydroxylation is 1. The molecule has 3 rings (SSSR count). The molecule has 2 aromatic carbocycles. The van der Waals surface area contributed by atoms with Crippen molar-refractivity contribution in [3.8, 4) is 11.1 Å². The monoisotopic (exact) mass is 481 g/mol. The van der Waals surface area contributed by atoms with Crippen molar-refractivity contribution < 1.29 is 21.6 Å². The maximum absolute atomic E-state index is 12.5. The Morgan fingerprint density at radius 1 is 1.10 bits per heavy atom. The van der Waals surface area contributed by atoms with Crippen LogP contribution in [0.5, 0.6) is 0 Å². The Kier molecular flexibility index (Phi) is 6.79. The smallest absolute Gasteiger partial charge is 0.245 e. The summed E-state index contributed by atoms with van der Waals surface area (Å²) in [6.07, 6.45) is 1.90. The zero-order chi connectivity index (χ0) is 22.8. The number of carbonyl (C=O) groups is 1. The minimum atomic E-state index is -3.85. The van der Waals surface area contributed by atoms with Gasteiger partial charge >= 0.3 is 0 Å². The lowest BCUT2D eigenvalue weighted by Gasteiger charge is -2.12. The number of sulfone groups is 1. The summed E-state index contributed by atoms with van der Waals surface area (Å²) < 4.78 is 47.5. The third-order valence-corrected chi connectivity index (χ3v) is 7.98. The number of hydrogen-bond donors (Lipinski definition) is 2. The van der Waals surface area contributed by atoms with Crippen LogP contribution in [0.25, 0.3) is 21.3 Å². The predicted octanol–water partition coefficient (Wildman–Crippen LogP) is 2.02. The van der Waals surface area contributed by atoms with Crippen LogP contribution in [0, 0.1) is 0 Å². The zero-order valence-electron chi connectivity index (χ0n) is 17.0. The first-order chi connectivity index (χ1) is 14.5. The molecule has 0 bridgehead atoms. The Balaban J connectivity index is 1.92. The number of aromatic nitrogens is 1. The van der Waals surface area contributed by atoms with E-state index in [1.54, 1.807) is 6.07 Å². The van der Waals surface area contributed by atoms with Crippen LogP contribution in [0.4, 0.5) is 0 Å². The number of hydrogen-bond acceptors (Lipinski definition) is 7. The van der Waals surface area contributed by atoms with Crippen LogP contribution in [0.15, 0.2) is 42.5 Å². The second-order valence-electron chi connectivity index (χ2n) is 7.15. The summed E-state index contributed by atoms with van der Waals surface area (Å²) in [4.78, 5) is 16.9. The van der Waals surface area contributed by atoms with Crippen molar-refractivity contribution in [2.75, 3.05) is 18.6 Å². The van der Waals surface area contributed by atoms with E-state index in [1.165, 1.54) is 5.56 Å². The summed E-state index contributed by atoms with van der Waals surface area (Å²) in [5, 5.41) is 5.84. The van der Waals surface area contributed by atoms with Gasteiger partial charge in [0, 0.05) is 12.8 Å². The van der Waals surface area contributed by atoms with Crippen LogP contribution in [0.2, 0.25) is 0 Å². The molecule has 0 aliphatic rings. The van der Waals surface area contributed by atoms with E-state index >= 15 is 0 Å². The Morgan fingerprint density at radius 3 is 2.32 bits per heavy atom. The van der Waals surface area contributed by atoms with Gasteiger partial charge in [0.1, 0.15) is 5.01 Å². The lowest BCUT2D eigenvalue weighted by Crippen LogP contribution is -2.37. The van der Waals surface area contributed by atoms with Gasteiger partial charge in [-0.2, -0.15) is 0 Å². The van der Waals surface area contributed by atoms with Crippen molar-refractivity contribution in [2.24, 2.45) is 5.14 Å². The fourth-order valence-electron chi connectivity index (χ4n) is 3.07. The fourth-order valence-corrected chi connectivity index (χ4v) is 6.00. The number of fused-ring (bicyclic) bond motifs is 1. The molecule has 0 fully saturated rings. The number of rotatable bonds is 8. The molecule has 31 heavy (non-hydrogen) atoms. The standard InChI is InChI=1S/C20H23N3O5S3/c1-3-13-4-6-14(7-5-13)15-8-9-16-17(12-15)29-20(23-16)18(30(2,25)26)19(24)22-10-11-31(21,27)28/h4-9,12,18H,3,10-11H2,1-2H3,(H,22,24)(H2,21,27,28). The highest BCUT2D eigenvalue weighted by molar-refractivity contribution is 7.91. The van der Waals surface area contributed by atoms with Crippen LogP contribution in [0.1, 0.15) is 22.7 Å². The first-order valence-corrected chi connectivity index (χ1v) is 13.9. The van der Waals surface area contributed by atoms with Crippen molar-refractivity contribution >= 4 is 47.3 Å². The van der Waals surface area contributed by atoms with Gasteiger partial charge in [-0.3, -0.25) is 4.79 Å². The molecular formula is C20H23N3O5S3. The van der Waals surface area contributed by atoms with Gasteiger partial charge in [0.05, 0.1) is 16.0 Å². The molecule has 0 spiro atoms. The van der Waals surface area contributed by atoms with E-state index in [0.717, 1.165) is 39.8 Å². The molecule has 1 heterocycles. The summed E-state index contributed by atoms with van der Waals surface area (Å²) in [6.45, 7) is 1.80. The molecule has 3 aromatic rings. The SMILES string of the molecule is CCc1ccc(-c2ccc3nc(C(C(=O)NCCS(N)(=O)=O)S(C)(=O)=O)sc3c2)cc1. The topological polar surface area (TPSA) is 136 Å². The first-order valence-electron chi connectivity index (χ1n) is 9.45. The van der Waals surface area contributed by atoms with Crippen LogP contribution in [-0.4, -0.2) is 46.3 Å². The molecule has 3 N–H and O–H groups in total. The summed E-state index contributed by atoms with van der Waals surface area (Å²) in [7, 11) is -7.62. The van der Waals surface area contributed by atoms with E-state index in [9.17, 15) is 21.6 Å². The highest BCUT2D eigenvalue weighted by Gasteiger charge is 2.33. The molecule has 1 amide bonds. The molecule has 11 heteroatoms. The third-order valence-electron chi connectivity index (χ3n) is 4.68. The quantitative estimate of drug-likeness (QED) is 0.505. The van der Waals surface area contributed by atoms with Crippen molar-refractivity contribution in [1.82, 2.24) is 10.3 Å². The highest BCUT2D eigenvalue weighted by Crippen LogP contribution is 2.33. The van der Waals surface area contributed by atoms with Crippen molar-refractivity contribution in [3.05, 3.63) is 53.0 Å². The molecular weight excluding hydrogens is 458 g/mol. The molecule has 8 nitrogen and oxygen atoms in total. The number of amides is 1. The van der Waals surface area contributed by atoms with Crippen molar-refractivity contribution in [1.29, 1.82) is 0 Å². The maximum Gasteiger partial charge on any atom is 0.245 e. The van der Waals surface area contributed by atoms with Gasteiger partial charge in [0.2, 0.25) is 15.9 Å². The van der Waals surface area contributed by atoms with Gasteiger partial charge in [-0.05, 0) is 35.2 Å². The lowest BCUT2D eigenvalue weighted by molar-refractivity contribution is -0.120. The summed E-state index contributed by atoms with van der Waals surface area (Å²) in [6, 6.07) is 13.8.